The highest BCUT2D eigenvalue weighted by Gasteiger charge is 2.13. The zero-order chi connectivity index (χ0) is 20.9. The third-order valence-corrected chi connectivity index (χ3v) is 6.02. The monoisotopic (exact) mass is 435 g/mol. The van der Waals surface area contributed by atoms with E-state index < -0.39 is 0 Å². The van der Waals surface area contributed by atoms with Gasteiger partial charge < -0.3 is 10.1 Å². The number of halogens is 2. The molecule has 0 aromatic heterocycles. The summed E-state index contributed by atoms with van der Waals surface area (Å²) in [6.45, 7) is 3.17. The lowest BCUT2D eigenvalue weighted by molar-refractivity contribution is 0.302. The number of benzene rings is 4. The maximum absolute atomic E-state index is 6.32. The van der Waals surface area contributed by atoms with Crippen molar-refractivity contribution in [3.63, 3.8) is 0 Å². The summed E-state index contributed by atoms with van der Waals surface area (Å²) in [5.74, 6) is 0.831. The highest BCUT2D eigenvalue weighted by molar-refractivity contribution is 6.35. The molecule has 0 heterocycles. The predicted molar refractivity (Wildman–Crippen MR) is 126 cm³/mol. The predicted octanol–water partition coefficient (Wildman–Crippen LogP) is 7.58. The average molecular weight is 436 g/mol. The molecule has 4 heteroatoms. The Balaban J connectivity index is 1.61. The molecule has 0 aliphatic heterocycles. The van der Waals surface area contributed by atoms with Crippen LogP contribution in [0.25, 0.3) is 10.8 Å². The van der Waals surface area contributed by atoms with Gasteiger partial charge in [-0.1, -0.05) is 89.9 Å². The Hall–Kier alpha value is -2.52. The molecule has 2 nitrogen and oxygen atoms in total. The van der Waals surface area contributed by atoms with Crippen LogP contribution in [0.5, 0.6) is 5.75 Å². The topological polar surface area (TPSA) is 21.3 Å². The average Bonchev–Trinajstić information content (AvgIpc) is 2.78. The smallest absolute Gasteiger partial charge is 0.124 e. The van der Waals surface area contributed by atoms with Gasteiger partial charge in [0, 0.05) is 33.8 Å². The molecule has 0 saturated carbocycles. The standard InChI is InChI=1S/C26H23Cl2NO/c1-18(19-8-3-2-4-9-19)29-16-22-21-11-6-5-10-20(21)14-15-26(22)30-17-23-24(27)12-7-13-25(23)28/h2-15,18,29H,16-17H2,1H3. The number of ether oxygens (including phenoxy) is 1. The molecule has 152 valence electrons. The van der Waals surface area contributed by atoms with Crippen molar-refractivity contribution in [1.29, 1.82) is 0 Å². The van der Waals surface area contributed by atoms with Gasteiger partial charge in [-0.2, -0.15) is 0 Å². The van der Waals surface area contributed by atoms with Gasteiger partial charge in [0.15, 0.2) is 0 Å². The second-order valence-corrected chi connectivity index (χ2v) is 8.08. The Morgan fingerprint density at radius 2 is 1.47 bits per heavy atom. The first-order valence-electron chi connectivity index (χ1n) is 9.98. The van der Waals surface area contributed by atoms with E-state index in [9.17, 15) is 0 Å². The second kappa shape index (κ2) is 9.53. The molecule has 0 radical (unpaired) electrons. The van der Waals surface area contributed by atoms with Gasteiger partial charge in [0.25, 0.3) is 0 Å². The Labute approximate surface area is 187 Å². The van der Waals surface area contributed by atoms with Crippen molar-refractivity contribution in [1.82, 2.24) is 5.32 Å². The van der Waals surface area contributed by atoms with Crippen molar-refractivity contribution in [2.24, 2.45) is 0 Å². The van der Waals surface area contributed by atoms with E-state index in [-0.39, 0.29) is 6.04 Å². The molecule has 0 spiro atoms. The van der Waals surface area contributed by atoms with E-state index in [1.54, 1.807) is 0 Å². The van der Waals surface area contributed by atoms with Crippen LogP contribution in [0.2, 0.25) is 10.0 Å². The molecule has 0 fully saturated rings. The van der Waals surface area contributed by atoms with Gasteiger partial charge in [0.2, 0.25) is 0 Å². The minimum atomic E-state index is 0.219. The summed E-state index contributed by atoms with van der Waals surface area (Å²) in [7, 11) is 0. The van der Waals surface area contributed by atoms with Gasteiger partial charge in [-0.3, -0.25) is 0 Å². The molecule has 4 aromatic rings. The van der Waals surface area contributed by atoms with Crippen LogP contribution in [0.1, 0.15) is 29.7 Å². The van der Waals surface area contributed by atoms with Crippen molar-refractivity contribution in [2.45, 2.75) is 26.1 Å². The first kappa shape index (κ1) is 20.7. The van der Waals surface area contributed by atoms with Gasteiger partial charge in [0.05, 0.1) is 0 Å². The summed E-state index contributed by atoms with van der Waals surface area (Å²) < 4.78 is 6.22. The minimum Gasteiger partial charge on any atom is -0.488 e. The molecule has 0 aliphatic rings. The first-order valence-corrected chi connectivity index (χ1v) is 10.7. The number of nitrogens with one attached hydrogen (secondary N) is 1. The van der Waals surface area contributed by atoms with Crippen molar-refractivity contribution in [2.75, 3.05) is 0 Å². The van der Waals surface area contributed by atoms with Crippen LogP contribution in [0, 0.1) is 0 Å². The van der Waals surface area contributed by atoms with Gasteiger partial charge in [-0.25, -0.2) is 0 Å². The van der Waals surface area contributed by atoms with Crippen LogP contribution in [-0.2, 0) is 13.2 Å². The molecule has 4 rings (SSSR count). The maximum Gasteiger partial charge on any atom is 0.124 e. The molecule has 0 bridgehead atoms. The Kier molecular flexibility index (Phi) is 6.59. The SMILES string of the molecule is CC(NCc1c(OCc2c(Cl)cccc2Cl)ccc2ccccc12)c1ccccc1. The highest BCUT2D eigenvalue weighted by atomic mass is 35.5. The van der Waals surface area contributed by atoms with Crippen LogP contribution < -0.4 is 10.1 Å². The van der Waals surface area contributed by atoms with E-state index in [1.165, 1.54) is 16.3 Å². The summed E-state index contributed by atoms with van der Waals surface area (Å²) in [6, 6.07) is 28.6. The van der Waals surface area contributed by atoms with Crippen LogP contribution in [-0.4, -0.2) is 0 Å². The third-order valence-electron chi connectivity index (χ3n) is 5.32. The fourth-order valence-corrected chi connectivity index (χ4v) is 4.07. The number of hydrogen-bond donors (Lipinski definition) is 1. The summed E-state index contributed by atoms with van der Waals surface area (Å²) in [4.78, 5) is 0. The highest BCUT2D eigenvalue weighted by Crippen LogP contribution is 2.31. The summed E-state index contributed by atoms with van der Waals surface area (Å²) in [5.41, 5.74) is 3.17. The second-order valence-electron chi connectivity index (χ2n) is 7.27. The van der Waals surface area contributed by atoms with E-state index >= 15 is 0 Å². The Bertz CT molecular complexity index is 1120. The van der Waals surface area contributed by atoms with E-state index in [4.69, 9.17) is 27.9 Å². The Morgan fingerprint density at radius 1 is 0.767 bits per heavy atom. The number of hydrogen-bond acceptors (Lipinski definition) is 2. The largest absolute Gasteiger partial charge is 0.488 e. The molecular weight excluding hydrogens is 413 g/mol. The lowest BCUT2D eigenvalue weighted by atomic mass is 10.0. The fourth-order valence-electron chi connectivity index (χ4n) is 3.57. The molecule has 1 N–H and O–H groups in total. The van der Waals surface area contributed by atoms with Crippen LogP contribution in [0.4, 0.5) is 0 Å². The van der Waals surface area contributed by atoms with E-state index in [0.717, 1.165) is 16.9 Å². The van der Waals surface area contributed by atoms with Crippen molar-refractivity contribution >= 4 is 34.0 Å². The van der Waals surface area contributed by atoms with E-state index in [2.05, 4.69) is 66.8 Å². The number of fused-ring (bicyclic) bond motifs is 1. The quantitative estimate of drug-likeness (QED) is 0.323. The van der Waals surface area contributed by atoms with E-state index in [0.29, 0.717) is 23.2 Å². The molecule has 0 amide bonds. The molecule has 0 saturated heterocycles. The van der Waals surface area contributed by atoms with Crippen molar-refractivity contribution in [3.8, 4) is 5.75 Å². The molecule has 1 unspecified atom stereocenters. The lowest BCUT2D eigenvalue weighted by Crippen LogP contribution is -2.18. The van der Waals surface area contributed by atoms with Crippen molar-refractivity contribution < 1.29 is 4.74 Å². The normalized spacial score (nSPS) is 12.1. The maximum atomic E-state index is 6.32. The van der Waals surface area contributed by atoms with Crippen LogP contribution in [0.15, 0.2) is 84.9 Å². The zero-order valence-electron chi connectivity index (χ0n) is 16.7. The molecular formula is C26H23Cl2NO. The van der Waals surface area contributed by atoms with Crippen LogP contribution >= 0.6 is 23.2 Å². The lowest BCUT2D eigenvalue weighted by Gasteiger charge is -2.19. The van der Waals surface area contributed by atoms with Gasteiger partial charge >= 0.3 is 0 Å². The summed E-state index contributed by atoms with van der Waals surface area (Å²) in [6.07, 6.45) is 0. The summed E-state index contributed by atoms with van der Waals surface area (Å²) >= 11 is 12.6. The summed E-state index contributed by atoms with van der Waals surface area (Å²) in [5, 5.41) is 7.22. The van der Waals surface area contributed by atoms with Gasteiger partial charge in [-0.15, -0.1) is 0 Å². The van der Waals surface area contributed by atoms with Gasteiger partial charge in [-0.05, 0) is 41.5 Å². The molecule has 30 heavy (non-hydrogen) atoms. The van der Waals surface area contributed by atoms with E-state index in [1.807, 2.05) is 30.3 Å². The third kappa shape index (κ3) is 4.62. The fraction of sp³-hybridized carbons (Fsp3) is 0.154. The molecule has 1 atom stereocenters. The Morgan fingerprint density at radius 3 is 2.23 bits per heavy atom. The molecule has 0 aliphatic carbocycles. The van der Waals surface area contributed by atoms with Crippen molar-refractivity contribution in [3.05, 3.63) is 112 Å². The van der Waals surface area contributed by atoms with Crippen LogP contribution in [0.3, 0.4) is 0 Å². The zero-order valence-corrected chi connectivity index (χ0v) is 18.3. The first-order chi connectivity index (χ1) is 14.6. The number of rotatable bonds is 7. The molecule has 4 aromatic carbocycles. The van der Waals surface area contributed by atoms with Gasteiger partial charge in [0.1, 0.15) is 12.4 Å². The minimum absolute atomic E-state index is 0.219.